The number of ether oxygens (including phenoxy) is 1. The van der Waals surface area contributed by atoms with Crippen LogP contribution in [0.25, 0.3) is 0 Å². The number of nitrogens with zero attached hydrogens (tertiary/aromatic N) is 2. The molecule has 162 valence electrons. The first-order valence-corrected chi connectivity index (χ1v) is 11.2. The van der Waals surface area contributed by atoms with Gasteiger partial charge in [0.25, 0.3) is 5.69 Å². The predicted molar refractivity (Wildman–Crippen MR) is 115 cm³/mol. The number of nitro groups is 1. The summed E-state index contributed by atoms with van der Waals surface area (Å²) < 4.78 is 18.6. The zero-order valence-electron chi connectivity index (χ0n) is 17.1. The minimum absolute atomic E-state index is 0.00821. The summed E-state index contributed by atoms with van der Waals surface area (Å²) in [7, 11) is -0.764. The highest BCUT2D eigenvalue weighted by atomic mass is 31.1. The first-order valence-electron chi connectivity index (χ1n) is 10.3. The second kappa shape index (κ2) is 13.0. The Hall–Kier alpha value is -1.48. The normalized spacial score (nSPS) is 20.6. The molecule has 2 atom stereocenters. The maximum atomic E-state index is 12.5. The Kier molecular flexibility index (Phi) is 10.6. The van der Waals surface area contributed by atoms with Gasteiger partial charge in [0.05, 0.1) is 17.1 Å². The van der Waals surface area contributed by atoms with Gasteiger partial charge in [0.1, 0.15) is 0 Å². The molecular formula is C19H33N5O4P+. The number of nitrogens with one attached hydrogen (secondary N) is 3. The Morgan fingerprint density at radius 1 is 1.03 bits per heavy atom. The molecule has 2 rings (SSSR count). The zero-order chi connectivity index (χ0) is 21.0. The quantitative estimate of drug-likeness (QED) is 0.358. The second-order valence-corrected chi connectivity index (χ2v) is 7.81. The third-order valence-corrected chi connectivity index (χ3v) is 5.96. The van der Waals surface area contributed by atoms with Crippen molar-refractivity contribution in [2.75, 3.05) is 59.0 Å². The lowest BCUT2D eigenvalue weighted by Gasteiger charge is -2.34. The minimum atomic E-state index is -1.11. The topological polar surface area (TPSA) is 109 Å². The van der Waals surface area contributed by atoms with E-state index < -0.39 is 18.8 Å². The van der Waals surface area contributed by atoms with Crippen LogP contribution in [0.2, 0.25) is 0 Å². The first kappa shape index (κ1) is 23.8. The van der Waals surface area contributed by atoms with Crippen molar-refractivity contribution in [3.8, 4) is 0 Å². The molecule has 0 bridgehead atoms. The molecule has 2 unspecified atom stereocenters. The van der Waals surface area contributed by atoms with Gasteiger partial charge < -0.3 is 20.7 Å². The van der Waals surface area contributed by atoms with E-state index in [1.54, 1.807) is 12.1 Å². The summed E-state index contributed by atoms with van der Waals surface area (Å²) in [5.41, 5.74) is -0.421. The van der Waals surface area contributed by atoms with Gasteiger partial charge in [-0.25, -0.2) is 4.90 Å². The highest BCUT2D eigenvalue weighted by molar-refractivity contribution is 7.25. The van der Waals surface area contributed by atoms with Crippen LogP contribution in [-0.4, -0.2) is 68.8 Å². The highest BCUT2D eigenvalue weighted by Gasteiger charge is 2.48. The van der Waals surface area contributed by atoms with Crippen molar-refractivity contribution in [1.29, 1.82) is 0 Å². The van der Waals surface area contributed by atoms with E-state index in [2.05, 4.69) is 20.9 Å². The molecule has 0 amide bonds. The average molecular weight is 426 g/mol. The molecule has 0 saturated carbocycles. The van der Waals surface area contributed by atoms with Crippen LogP contribution in [-0.2, 0) is 14.8 Å². The third kappa shape index (κ3) is 7.06. The van der Waals surface area contributed by atoms with Crippen LogP contribution in [0.15, 0.2) is 24.3 Å². The van der Waals surface area contributed by atoms with Crippen molar-refractivity contribution in [1.82, 2.24) is 20.9 Å². The minimum Gasteiger partial charge on any atom is -0.317 e. The first-order chi connectivity index (χ1) is 14.1. The van der Waals surface area contributed by atoms with E-state index in [1.165, 1.54) is 12.1 Å². The van der Waals surface area contributed by atoms with Gasteiger partial charge in [0, 0.05) is 44.9 Å². The molecule has 1 aromatic carbocycles. The van der Waals surface area contributed by atoms with Crippen molar-refractivity contribution >= 4 is 14.1 Å². The maximum absolute atomic E-state index is 12.5. The molecule has 1 fully saturated rings. The molecular weight excluding hydrogens is 393 g/mol. The van der Waals surface area contributed by atoms with Gasteiger partial charge in [-0.1, -0.05) is 4.57 Å². The number of hydrogen-bond acceptors (Lipinski definition) is 8. The smallest absolute Gasteiger partial charge is 0.317 e. The third-order valence-electron chi connectivity index (χ3n) is 4.93. The Morgan fingerprint density at radius 2 is 1.66 bits per heavy atom. The number of nitro benzene ring substituents is 1. The van der Waals surface area contributed by atoms with Gasteiger partial charge >= 0.3 is 13.9 Å². The van der Waals surface area contributed by atoms with E-state index in [-0.39, 0.29) is 5.69 Å². The van der Waals surface area contributed by atoms with Crippen molar-refractivity contribution in [3.63, 3.8) is 0 Å². The van der Waals surface area contributed by atoms with Gasteiger partial charge in [-0.05, 0) is 51.5 Å². The molecule has 1 heterocycles. The number of benzene rings is 1. The molecule has 1 aromatic rings. The molecule has 10 heteroatoms. The summed E-state index contributed by atoms with van der Waals surface area (Å²) in [6, 6.07) is 6.20. The molecule has 0 spiro atoms. The summed E-state index contributed by atoms with van der Waals surface area (Å²) in [5.74, 6) is 0. The second-order valence-electron chi connectivity index (χ2n) is 6.93. The fraction of sp³-hybridized carbons (Fsp3) is 0.684. The lowest BCUT2D eigenvalue weighted by Crippen LogP contribution is -2.48. The van der Waals surface area contributed by atoms with Gasteiger partial charge in [-0.15, -0.1) is 0 Å². The van der Waals surface area contributed by atoms with Crippen LogP contribution >= 0.6 is 8.46 Å². The number of rotatable bonds is 6. The van der Waals surface area contributed by atoms with Gasteiger partial charge in [0.15, 0.2) is 0 Å². The van der Waals surface area contributed by atoms with Crippen molar-refractivity contribution in [3.05, 3.63) is 39.9 Å². The van der Waals surface area contributed by atoms with E-state index in [4.69, 9.17) is 4.74 Å². The zero-order valence-corrected chi connectivity index (χ0v) is 18.1. The predicted octanol–water partition coefficient (Wildman–Crippen LogP) is 1.63. The van der Waals surface area contributed by atoms with Crippen LogP contribution in [0.5, 0.6) is 0 Å². The summed E-state index contributed by atoms with van der Waals surface area (Å²) in [6.07, 6.45) is 1.93. The number of hydrogen-bond donors (Lipinski definition) is 3. The van der Waals surface area contributed by atoms with Gasteiger partial charge in [-0.3, -0.25) is 10.1 Å². The largest absolute Gasteiger partial charge is 0.382 e. The Bertz CT molecular complexity index is 620. The van der Waals surface area contributed by atoms with Gasteiger partial charge in [0.2, 0.25) is 0 Å². The van der Waals surface area contributed by atoms with Crippen LogP contribution in [0.4, 0.5) is 5.69 Å². The molecule has 1 aliphatic heterocycles. The Balaban J connectivity index is 2.24. The Morgan fingerprint density at radius 3 is 2.24 bits per heavy atom. The fourth-order valence-electron chi connectivity index (χ4n) is 3.45. The lowest BCUT2D eigenvalue weighted by atomic mass is 10.1. The summed E-state index contributed by atoms with van der Waals surface area (Å²) in [6.45, 7) is 8.98. The molecule has 0 radical (unpaired) electrons. The van der Waals surface area contributed by atoms with E-state index in [0.29, 0.717) is 25.3 Å². The fourth-order valence-corrected chi connectivity index (χ4v) is 4.29. The van der Waals surface area contributed by atoms with Crippen LogP contribution < -0.4 is 16.0 Å². The van der Waals surface area contributed by atoms with Crippen LogP contribution in [0.3, 0.4) is 0 Å². The molecule has 1 saturated heterocycles. The molecule has 0 aromatic heterocycles. The van der Waals surface area contributed by atoms with Gasteiger partial charge in [-0.2, -0.15) is 0 Å². The number of non-ortho nitro benzene ring substituents is 1. The van der Waals surface area contributed by atoms with Crippen LogP contribution in [0, 0.1) is 10.1 Å². The Labute approximate surface area is 173 Å². The molecule has 9 nitrogen and oxygen atoms in total. The highest BCUT2D eigenvalue weighted by Crippen LogP contribution is 2.40. The summed E-state index contributed by atoms with van der Waals surface area (Å²) in [4.78, 5) is 12.7. The lowest BCUT2D eigenvalue weighted by molar-refractivity contribution is -0.384. The SMILES string of the molecule is CCOC([PH+]=O)(c1ccc([N+](=O)[O-])cc1)N1CCCNCCNCCCNCC1. The maximum Gasteiger partial charge on any atom is 0.382 e. The molecule has 3 N–H and O–H groups in total. The molecule has 0 aliphatic carbocycles. The molecule has 29 heavy (non-hydrogen) atoms. The van der Waals surface area contributed by atoms with Crippen LogP contribution in [0.1, 0.15) is 25.3 Å². The monoisotopic (exact) mass is 426 g/mol. The molecule has 1 aliphatic rings. The average Bonchev–Trinajstić information content (AvgIpc) is 2.74. The summed E-state index contributed by atoms with van der Waals surface area (Å²) in [5, 5.41) is 21.3. The van der Waals surface area contributed by atoms with E-state index in [1.807, 2.05) is 6.92 Å². The van der Waals surface area contributed by atoms with Crippen molar-refractivity contribution in [2.45, 2.75) is 25.2 Å². The van der Waals surface area contributed by atoms with E-state index in [0.717, 1.165) is 52.1 Å². The van der Waals surface area contributed by atoms with E-state index >= 15 is 0 Å². The van der Waals surface area contributed by atoms with Crippen molar-refractivity contribution < 1.29 is 14.2 Å². The standard InChI is InChI=1S/C19H32N5O4P/c1-2-28-19(29-27,17-5-7-18(8-6-17)24(25)26)23-15-4-11-21-13-12-20-9-3-10-22-14-16-23/h5-8,20-22H,2-4,9-16H2,1H3/p+1. The van der Waals surface area contributed by atoms with E-state index in [9.17, 15) is 14.7 Å². The van der Waals surface area contributed by atoms with Crippen molar-refractivity contribution in [2.24, 2.45) is 0 Å². The summed E-state index contributed by atoms with van der Waals surface area (Å²) >= 11 is 0.